The van der Waals surface area contributed by atoms with Crippen LogP contribution in [0.25, 0.3) is 16.1 Å². The molecule has 4 aliphatic rings. The molecule has 3 nitrogen and oxygen atoms in total. The number of rotatable bonds is 9. The molecule has 4 atom stereocenters. The summed E-state index contributed by atoms with van der Waals surface area (Å²) in [5.74, 6) is 1.92. The van der Waals surface area contributed by atoms with Crippen LogP contribution in [0.1, 0.15) is 117 Å². The van der Waals surface area contributed by atoms with Crippen molar-refractivity contribution in [3.05, 3.63) is 88.4 Å². The molecule has 2 aromatic rings. The van der Waals surface area contributed by atoms with Gasteiger partial charge in [-0.3, -0.25) is 4.99 Å². The Labute approximate surface area is 287 Å². The van der Waals surface area contributed by atoms with E-state index in [1.165, 1.54) is 70.9 Å². The maximum Gasteiger partial charge on any atom is 0.0554 e. The maximum atomic E-state index is 10.1. The van der Waals surface area contributed by atoms with Gasteiger partial charge in [-0.2, -0.15) is 0 Å². The van der Waals surface area contributed by atoms with Crippen LogP contribution in [0.3, 0.4) is 0 Å². The fourth-order valence-electron chi connectivity index (χ4n) is 8.18. The largest absolute Gasteiger partial charge is 0.657 e. The van der Waals surface area contributed by atoms with Crippen LogP contribution in [0, 0.1) is 29.7 Å². The molecule has 1 radical (unpaired) electrons. The van der Waals surface area contributed by atoms with Crippen LogP contribution >= 0.6 is 0 Å². The van der Waals surface area contributed by atoms with Gasteiger partial charge in [-0.05, 0) is 53.4 Å². The fourth-order valence-corrected chi connectivity index (χ4v) is 8.18. The molecule has 4 unspecified atom stereocenters. The molecule has 0 saturated heterocycles. The molecule has 1 saturated carbocycles. The quantitative estimate of drug-likeness (QED) is 0.253. The topological polar surface area (TPSA) is 46.7 Å². The number of aliphatic hydroxyl groups is 1. The van der Waals surface area contributed by atoms with Crippen LogP contribution in [-0.2, 0) is 25.5 Å². The Kier molecular flexibility index (Phi) is 12.7. The molecule has 2 aromatic carbocycles. The molecule has 1 fully saturated rings. The van der Waals surface area contributed by atoms with Crippen molar-refractivity contribution in [2.45, 2.75) is 130 Å². The van der Waals surface area contributed by atoms with Gasteiger partial charge in [0.15, 0.2) is 0 Å². The van der Waals surface area contributed by atoms with Gasteiger partial charge in [0.1, 0.15) is 0 Å². The molecule has 4 heteroatoms. The third-order valence-corrected chi connectivity index (χ3v) is 10.7. The number of aliphatic imine (C=N–C) groups is 1. The van der Waals surface area contributed by atoms with Crippen molar-refractivity contribution >= 4 is 16.5 Å². The maximum absolute atomic E-state index is 10.1. The van der Waals surface area contributed by atoms with Gasteiger partial charge in [-0.1, -0.05) is 140 Å². The minimum atomic E-state index is -0.160. The molecule has 45 heavy (non-hydrogen) atoms. The summed E-state index contributed by atoms with van der Waals surface area (Å²) in [6, 6.07) is 15.6. The summed E-state index contributed by atoms with van der Waals surface area (Å²) in [5, 5.41) is 17.5. The van der Waals surface area contributed by atoms with Crippen LogP contribution in [0.15, 0.2) is 70.9 Å². The van der Waals surface area contributed by atoms with Crippen molar-refractivity contribution in [1.29, 1.82) is 0 Å². The van der Waals surface area contributed by atoms with Gasteiger partial charge in [0.2, 0.25) is 0 Å². The normalized spacial score (nSPS) is 23.1. The molecule has 3 aliphatic carbocycles. The molecule has 6 rings (SSSR count). The van der Waals surface area contributed by atoms with Crippen LogP contribution in [0.5, 0.6) is 0 Å². The number of nitrogens with zero attached hydrogens (tertiary/aromatic N) is 2. The first-order valence-electron chi connectivity index (χ1n) is 17.6. The standard InChI is InChI=1S/C26H26N.C15H30NO.Ir/c1-16(2)11-17-12-20-9-10-27-25-21-14-18-7-5-6-8-19(18)15-22(21)26(3,4)23(13-17)24(20)25;1-4-13(5-2)15(17)11-12(3)16-14-9-7-6-8-10-14;/h5-10,12-13,15-16,23-24H,11H2,1-4H3;12-15,17H,4-11H2,1-3H3;/q2*-1;. The predicted molar refractivity (Wildman–Crippen MR) is 188 cm³/mol. The zero-order valence-electron chi connectivity index (χ0n) is 28.8. The van der Waals surface area contributed by atoms with Crippen molar-refractivity contribution in [2.75, 3.05) is 0 Å². The molecule has 1 N–H and O–H groups in total. The van der Waals surface area contributed by atoms with Gasteiger partial charge >= 0.3 is 0 Å². The number of fused-ring (bicyclic) bond motifs is 3. The summed E-state index contributed by atoms with van der Waals surface area (Å²) in [6.07, 6.45) is 19.8. The van der Waals surface area contributed by atoms with Gasteiger partial charge in [0.05, 0.1) is 6.10 Å². The summed E-state index contributed by atoms with van der Waals surface area (Å²) in [6.45, 7) is 15.9. The first-order chi connectivity index (χ1) is 21.1. The van der Waals surface area contributed by atoms with E-state index in [-0.39, 0.29) is 31.6 Å². The van der Waals surface area contributed by atoms with E-state index in [1.54, 1.807) is 0 Å². The average molecular weight is 785 g/mol. The second kappa shape index (κ2) is 15.8. The molecule has 247 valence electrons. The van der Waals surface area contributed by atoms with Crippen LogP contribution in [-0.4, -0.2) is 29.0 Å². The van der Waals surface area contributed by atoms with Gasteiger partial charge in [0.25, 0.3) is 0 Å². The SMILES string of the molecule is CC(C)CC1=CC2C3C(=C1)C=CN=C3c1[c-]c3ccccc3cc1C2(C)C.CCC(CC)C(O)CC(C)[N-]C1CCCCC1.[Ir]. The number of aliphatic hydroxyl groups excluding tert-OH is 1. The predicted octanol–water partition coefficient (Wildman–Crippen LogP) is 10.7. The van der Waals surface area contributed by atoms with Gasteiger partial charge in [-0.15, -0.1) is 41.2 Å². The zero-order valence-corrected chi connectivity index (χ0v) is 31.2. The number of hydrogen-bond donors (Lipinski definition) is 1. The van der Waals surface area contributed by atoms with Crippen molar-refractivity contribution in [3.8, 4) is 0 Å². The smallest absolute Gasteiger partial charge is 0.0554 e. The van der Waals surface area contributed by atoms with E-state index in [1.807, 2.05) is 6.20 Å². The van der Waals surface area contributed by atoms with Crippen molar-refractivity contribution in [3.63, 3.8) is 0 Å². The summed E-state index contributed by atoms with van der Waals surface area (Å²) < 4.78 is 0. The summed E-state index contributed by atoms with van der Waals surface area (Å²) in [5.41, 5.74) is 6.76. The second-order valence-electron chi connectivity index (χ2n) is 14.9. The summed E-state index contributed by atoms with van der Waals surface area (Å²) >= 11 is 0. The van der Waals surface area contributed by atoms with Crippen molar-refractivity contribution in [2.24, 2.45) is 28.7 Å². The van der Waals surface area contributed by atoms with E-state index >= 15 is 0 Å². The molecule has 1 heterocycles. The first kappa shape index (κ1) is 36.0. The molecule has 0 spiro atoms. The molecular formula is C41H56IrN2O-2. The van der Waals surface area contributed by atoms with Crippen LogP contribution in [0.4, 0.5) is 0 Å². The Morgan fingerprint density at radius 1 is 1.04 bits per heavy atom. The van der Waals surface area contributed by atoms with Gasteiger partial charge in [-0.25, -0.2) is 0 Å². The monoisotopic (exact) mass is 785 g/mol. The zero-order chi connectivity index (χ0) is 31.4. The summed E-state index contributed by atoms with van der Waals surface area (Å²) in [7, 11) is 0. The van der Waals surface area contributed by atoms with E-state index in [9.17, 15) is 5.11 Å². The van der Waals surface area contributed by atoms with E-state index < -0.39 is 0 Å². The third kappa shape index (κ3) is 8.18. The number of benzene rings is 2. The minimum Gasteiger partial charge on any atom is -0.657 e. The van der Waals surface area contributed by atoms with E-state index in [4.69, 9.17) is 10.3 Å². The molecular weight excluding hydrogens is 729 g/mol. The van der Waals surface area contributed by atoms with Crippen molar-refractivity contribution in [1.82, 2.24) is 0 Å². The Morgan fingerprint density at radius 3 is 2.44 bits per heavy atom. The number of allylic oxidation sites excluding steroid dienone is 5. The Morgan fingerprint density at radius 2 is 1.76 bits per heavy atom. The number of hydrogen-bond acceptors (Lipinski definition) is 2. The molecule has 0 aromatic heterocycles. The van der Waals surface area contributed by atoms with E-state index in [0.29, 0.717) is 35.8 Å². The Bertz CT molecular complexity index is 1410. The van der Waals surface area contributed by atoms with Crippen LogP contribution in [0.2, 0.25) is 0 Å². The average Bonchev–Trinajstić information content (AvgIpc) is 3.00. The second-order valence-corrected chi connectivity index (χ2v) is 14.9. The van der Waals surface area contributed by atoms with Gasteiger partial charge < -0.3 is 10.4 Å². The summed E-state index contributed by atoms with van der Waals surface area (Å²) in [4.78, 5) is 4.87. The third-order valence-electron chi connectivity index (χ3n) is 10.7. The van der Waals surface area contributed by atoms with Crippen LogP contribution < -0.4 is 0 Å². The van der Waals surface area contributed by atoms with Crippen molar-refractivity contribution < 1.29 is 25.2 Å². The Balaban J connectivity index is 0.000000224. The molecule has 0 amide bonds. The van der Waals surface area contributed by atoms with E-state index in [2.05, 4.69) is 103 Å². The van der Waals surface area contributed by atoms with E-state index in [0.717, 1.165) is 25.7 Å². The van der Waals surface area contributed by atoms with Gasteiger partial charge in [0, 0.05) is 32.2 Å². The fraction of sp³-hybridized carbons (Fsp3) is 0.585. The first-order valence-corrected chi connectivity index (χ1v) is 17.6. The molecule has 0 bridgehead atoms. The minimum absolute atomic E-state index is 0. The Hall–Kier alpha value is -1.84. The molecule has 1 aliphatic heterocycles.